The normalized spacial score (nSPS) is 20.2. The minimum absolute atomic E-state index is 0.0421. The van der Waals surface area contributed by atoms with Crippen molar-refractivity contribution in [1.29, 1.82) is 5.26 Å². The summed E-state index contributed by atoms with van der Waals surface area (Å²) in [6, 6.07) is 3.06. The van der Waals surface area contributed by atoms with Crippen molar-refractivity contribution in [3.63, 3.8) is 0 Å². The lowest BCUT2D eigenvalue weighted by Crippen LogP contribution is -2.37. The lowest BCUT2D eigenvalue weighted by atomic mass is 9.91. The van der Waals surface area contributed by atoms with Crippen LogP contribution in [0.1, 0.15) is 25.8 Å². The zero-order chi connectivity index (χ0) is 14.9. The second-order valence-corrected chi connectivity index (χ2v) is 5.92. The number of anilines is 1. The molecule has 0 bridgehead atoms. The van der Waals surface area contributed by atoms with Crippen molar-refractivity contribution in [3.05, 3.63) is 22.6 Å². The molecule has 1 aromatic heterocycles. The molecule has 108 valence electrons. The molecule has 1 aliphatic heterocycles. The van der Waals surface area contributed by atoms with E-state index in [1.807, 2.05) is 11.0 Å². The second-order valence-electron chi connectivity index (χ2n) is 5.56. The molecule has 1 aromatic rings. The van der Waals surface area contributed by atoms with Crippen LogP contribution in [0.25, 0.3) is 0 Å². The fourth-order valence-electron chi connectivity index (χ4n) is 2.60. The van der Waals surface area contributed by atoms with E-state index in [2.05, 4.69) is 18.8 Å². The average molecular weight is 297 g/mol. The van der Waals surface area contributed by atoms with E-state index >= 15 is 0 Å². The van der Waals surface area contributed by atoms with E-state index in [4.69, 9.17) is 22.6 Å². The molecular formula is C14H18ClFN4. The summed E-state index contributed by atoms with van der Waals surface area (Å²) in [5, 5.41) is 8.85. The van der Waals surface area contributed by atoms with Crippen molar-refractivity contribution in [2.75, 3.05) is 18.0 Å². The maximum atomic E-state index is 14.0. The van der Waals surface area contributed by atoms with Crippen LogP contribution in [0.3, 0.4) is 0 Å². The summed E-state index contributed by atoms with van der Waals surface area (Å²) in [6.07, 6.45) is 0.915. The highest BCUT2D eigenvalue weighted by Crippen LogP contribution is 2.29. The first-order chi connectivity index (χ1) is 9.43. The van der Waals surface area contributed by atoms with Gasteiger partial charge < -0.3 is 10.6 Å². The first kappa shape index (κ1) is 15.0. The molecule has 1 fully saturated rings. The van der Waals surface area contributed by atoms with Crippen LogP contribution in [0.4, 0.5) is 10.2 Å². The lowest BCUT2D eigenvalue weighted by Gasteiger charge is -2.24. The molecule has 2 heterocycles. The van der Waals surface area contributed by atoms with E-state index in [9.17, 15) is 4.39 Å². The topological polar surface area (TPSA) is 65.9 Å². The molecule has 0 unspecified atom stereocenters. The number of nitrogens with two attached hydrogens (primary N) is 1. The van der Waals surface area contributed by atoms with Crippen LogP contribution in [-0.2, 0) is 0 Å². The molecule has 20 heavy (non-hydrogen) atoms. The second kappa shape index (κ2) is 5.94. The summed E-state index contributed by atoms with van der Waals surface area (Å²) in [5.41, 5.74) is 6.22. The standard InChI is InChI=1S/C14H18ClFN4/c1-8(2)12(18)9-3-4-20(7-9)14-11(16)5-10(6-17)13(15)19-14/h5,8-9,12H,3-4,7,18H2,1-2H3/t9-,12+/m1/s1. The van der Waals surface area contributed by atoms with E-state index in [1.54, 1.807) is 0 Å². The number of aromatic nitrogens is 1. The van der Waals surface area contributed by atoms with E-state index in [1.165, 1.54) is 0 Å². The Balaban J connectivity index is 2.19. The summed E-state index contributed by atoms with van der Waals surface area (Å²) in [7, 11) is 0. The minimum atomic E-state index is -0.510. The number of pyridine rings is 1. The first-order valence-electron chi connectivity index (χ1n) is 6.70. The van der Waals surface area contributed by atoms with E-state index in [0.717, 1.165) is 12.5 Å². The maximum absolute atomic E-state index is 14.0. The number of hydrogen-bond acceptors (Lipinski definition) is 4. The monoisotopic (exact) mass is 296 g/mol. The molecule has 4 nitrogen and oxygen atoms in total. The quantitative estimate of drug-likeness (QED) is 0.871. The van der Waals surface area contributed by atoms with Gasteiger partial charge in [0.15, 0.2) is 11.6 Å². The largest absolute Gasteiger partial charge is 0.354 e. The molecule has 2 rings (SSSR count). The van der Waals surface area contributed by atoms with Gasteiger partial charge in [-0.1, -0.05) is 25.4 Å². The zero-order valence-electron chi connectivity index (χ0n) is 11.6. The van der Waals surface area contributed by atoms with Crippen molar-refractivity contribution in [1.82, 2.24) is 4.98 Å². The summed E-state index contributed by atoms with van der Waals surface area (Å²) >= 11 is 5.88. The number of hydrogen-bond donors (Lipinski definition) is 1. The maximum Gasteiger partial charge on any atom is 0.167 e. The fourth-order valence-corrected chi connectivity index (χ4v) is 2.77. The van der Waals surface area contributed by atoms with Crippen molar-refractivity contribution >= 4 is 17.4 Å². The van der Waals surface area contributed by atoms with Crippen LogP contribution in [0.15, 0.2) is 6.07 Å². The van der Waals surface area contributed by atoms with Crippen LogP contribution >= 0.6 is 11.6 Å². The molecule has 0 amide bonds. The number of halogens is 2. The third-order valence-electron chi connectivity index (χ3n) is 3.87. The van der Waals surface area contributed by atoms with Crippen LogP contribution in [-0.4, -0.2) is 24.1 Å². The Morgan fingerprint density at radius 2 is 2.30 bits per heavy atom. The predicted molar refractivity (Wildman–Crippen MR) is 77.1 cm³/mol. The molecule has 2 N–H and O–H groups in total. The molecular weight excluding hydrogens is 279 g/mol. The smallest absolute Gasteiger partial charge is 0.167 e. The molecule has 6 heteroatoms. The highest BCUT2D eigenvalue weighted by Gasteiger charge is 2.31. The van der Waals surface area contributed by atoms with Gasteiger partial charge in [0.25, 0.3) is 0 Å². The zero-order valence-corrected chi connectivity index (χ0v) is 12.4. The SMILES string of the molecule is CC(C)[C@H](N)[C@@H]1CCN(c2nc(Cl)c(C#N)cc2F)C1. The third kappa shape index (κ3) is 2.87. The molecule has 2 atom stereocenters. The van der Waals surface area contributed by atoms with Crippen molar-refractivity contribution in [2.24, 2.45) is 17.6 Å². The minimum Gasteiger partial charge on any atom is -0.354 e. The summed E-state index contributed by atoms with van der Waals surface area (Å²) in [6.45, 7) is 5.55. The van der Waals surface area contributed by atoms with E-state index < -0.39 is 5.82 Å². The van der Waals surface area contributed by atoms with Crippen molar-refractivity contribution in [3.8, 4) is 6.07 Å². The van der Waals surface area contributed by atoms with Gasteiger partial charge in [-0.2, -0.15) is 5.26 Å². The lowest BCUT2D eigenvalue weighted by molar-refractivity contribution is 0.365. The van der Waals surface area contributed by atoms with Gasteiger partial charge in [0.05, 0.1) is 5.56 Å². The van der Waals surface area contributed by atoms with Gasteiger partial charge >= 0.3 is 0 Å². The number of rotatable bonds is 3. The Bertz CT molecular complexity index is 541. The average Bonchev–Trinajstić information content (AvgIpc) is 2.89. The Kier molecular flexibility index (Phi) is 4.46. The molecule has 1 saturated heterocycles. The fraction of sp³-hybridized carbons (Fsp3) is 0.571. The highest BCUT2D eigenvalue weighted by molar-refractivity contribution is 6.30. The third-order valence-corrected chi connectivity index (χ3v) is 4.16. The van der Waals surface area contributed by atoms with Gasteiger partial charge in [-0.15, -0.1) is 0 Å². The summed E-state index contributed by atoms with van der Waals surface area (Å²) in [5.74, 6) is 0.421. The summed E-state index contributed by atoms with van der Waals surface area (Å²) in [4.78, 5) is 5.87. The van der Waals surface area contributed by atoms with Gasteiger partial charge in [-0.3, -0.25) is 0 Å². The van der Waals surface area contributed by atoms with Gasteiger partial charge in [0, 0.05) is 19.1 Å². The molecule has 0 saturated carbocycles. The van der Waals surface area contributed by atoms with Crippen molar-refractivity contribution < 1.29 is 4.39 Å². The Morgan fingerprint density at radius 1 is 1.60 bits per heavy atom. The van der Waals surface area contributed by atoms with Crippen LogP contribution in [0, 0.1) is 29.0 Å². The van der Waals surface area contributed by atoms with Crippen molar-refractivity contribution in [2.45, 2.75) is 26.3 Å². The highest BCUT2D eigenvalue weighted by atomic mass is 35.5. The number of nitrogens with zero attached hydrogens (tertiary/aromatic N) is 3. The molecule has 0 spiro atoms. The first-order valence-corrected chi connectivity index (χ1v) is 7.08. The van der Waals surface area contributed by atoms with E-state index in [0.29, 0.717) is 24.9 Å². The van der Waals surface area contributed by atoms with Gasteiger partial charge in [-0.25, -0.2) is 9.37 Å². The molecule has 1 aliphatic rings. The van der Waals surface area contributed by atoms with Gasteiger partial charge in [0.1, 0.15) is 11.2 Å². The predicted octanol–water partition coefficient (Wildman–Crippen LogP) is 2.56. The Labute approximate surface area is 123 Å². The molecule has 0 radical (unpaired) electrons. The van der Waals surface area contributed by atoms with Gasteiger partial charge in [0.2, 0.25) is 0 Å². The van der Waals surface area contributed by atoms with Crippen LogP contribution < -0.4 is 10.6 Å². The Morgan fingerprint density at radius 3 is 2.90 bits per heavy atom. The van der Waals surface area contributed by atoms with Crippen LogP contribution in [0.2, 0.25) is 5.15 Å². The number of nitriles is 1. The van der Waals surface area contributed by atoms with Gasteiger partial charge in [-0.05, 0) is 24.3 Å². The molecule has 0 aromatic carbocycles. The van der Waals surface area contributed by atoms with E-state index in [-0.39, 0.29) is 22.6 Å². The van der Waals surface area contributed by atoms with Crippen LogP contribution in [0.5, 0.6) is 0 Å². The Hall–Kier alpha value is -1.38. The molecule has 0 aliphatic carbocycles. The summed E-state index contributed by atoms with van der Waals surface area (Å²) < 4.78 is 14.0.